The molecule has 4 heterocycles. The maximum absolute atomic E-state index is 14.9. The molecule has 3 aliphatic heterocycles. The van der Waals surface area contributed by atoms with Gasteiger partial charge in [0.1, 0.15) is 18.2 Å². The van der Waals surface area contributed by atoms with Gasteiger partial charge < -0.3 is 19.5 Å². The molecule has 168 valence electrons. The lowest BCUT2D eigenvalue weighted by Crippen LogP contribution is -2.52. The van der Waals surface area contributed by atoms with Crippen LogP contribution in [0.4, 0.5) is 26.4 Å². The minimum atomic E-state index is -2.38. The van der Waals surface area contributed by atoms with Gasteiger partial charge in [0.15, 0.2) is 5.82 Å². The first-order valence-electron chi connectivity index (χ1n) is 10.2. The predicted octanol–water partition coefficient (Wildman–Crippen LogP) is 3.60. The smallest absolute Gasteiger partial charge is 0.414 e. The number of piperidine rings is 1. The predicted molar refractivity (Wildman–Crippen MR) is 115 cm³/mol. The summed E-state index contributed by atoms with van der Waals surface area (Å²) in [5.74, 6) is 1.11. The van der Waals surface area contributed by atoms with E-state index >= 15 is 0 Å². The molecule has 1 amide bonds. The molecule has 9 nitrogen and oxygen atoms in total. The monoisotopic (exact) mass is 452 g/mol. The van der Waals surface area contributed by atoms with Crippen molar-refractivity contribution in [3.63, 3.8) is 0 Å². The lowest BCUT2D eigenvalue weighted by molar-refractivity contribution is 0.147. The van der Waals surface area contributed by atoms with Crippen LogP contribution in [0.5, 0.6) is 0 Å². The lowest BCUT2D eigenvalue weighted by Gasteiger charge is -2.58. The summed E-state index contributed by atoms with van der Waals surface area (Å²) < 4.78 is 44.5. The fourth-order valence-electron chi connectivity index (χ4n) is 4.73. The SMILES string of the molecule is O=C1OC(CNc2ccon2)CN1c1ccc(N2CCC3(CC2)CS(O)(O)C3)c(F)c1. The average molecular weight is 453 g/mol. The number of hydrogen-bond donors (Lipinski definition) is 3. The summed E-state index contributed by atoms with van der Waals surface area (Å²) in [5.41, 5.74) is 0.957. The van der Waals surface area contributed by atoms with E-state index in [1.54, 1.807) is 18.2 Å². The molecule has 1 aromatic heterocycles. The van der Waals surface area contributed by atoms with E-state index in [-0.39, 0.29) is 17.3 Å². The third-order valence-electron chi connectivity index (χ3n) is 6.31. The Hall–Kier alpha value is -2.50. The number of aromatic nitrogens is 1. The van der Waals surface area contributed by atoms with Crippen molar-refractivity contribution < 1.29 is 27.6 Å². The van der Waals surface area contributed by atoms with Crippen molar-refractivity contribution in [2.24, 2.45) is 5.41 Å². The molecular formula is C20H25FN4O5S. The second kappa shape index (κ2) is 7.57. The summed E-state index contributed by atoms with van der Waals surface area (Å²) in [6.45, 7) is 2.03. The Morgan fingerprint density at radius 2 is 2.03 bits per heavy atom. The van der Waals surface area contributed by atoms with Crippen LogP contribution in [0.1, 0.15) is 12.8 Å². The van der Waals surface area contributed by atoms with Gasteiger partial charge >= 0.3 is 6.09 Å². The number of carbonyl (C=O) groups is 1. The van der Waals surface area contributed by atoms with Crippen molar-refractivity contribution in [2.45, 2.75) is 18.9 Å². The second-order valence-corrected chi connectivity index (χ2v) is 10.8. The van der Waals surface area contributed by atoms with Crippen LogP contribution in [0.15, 0.2) is 35.1 Å². The van der Waals surface area contributed by atoms with Crippen LogP contribution in [-0.2, 0) is 4.74 Å². The van der Waals surface area contributed by atoms with Gasteiger partial charge in [0.05, 0.1) is 24.5 Å². The quantitative estimate of drug-likeness (QED) is 0.631. The van der Waals surface area contributed by atoms with Gasteiger partial charge in [-0.15, -0.1) is 0 Å². The molecule has 1 spiro atoms. The van der Waals surface area contributed by atoms with Gasteiger partial charge in [-0.25, -0.2) is 9.18 Å². The highest BCUT2D eigenvalue weighted by atomic mass is 32.3. The molecule has 2 aromatic rings. The molecule has 0 saturated carbocycles. The molecule has 1 aromatic carbocycles. The Labute approximate surface area is 180 Å². The summed E-state index contributed by atoms with van der Waals surface area (Å²) in [6.07, 6.45) is 2.19. The molecule has 1 unspecified atom stereocenters. The van der Waals surface area contributed by atoms with Crippen molar-refractivity contribution in [3.05, 3.63) is 36.3 Å². The van der Waals surface area contributed by atoms with Gasteiger partial charge in [0.25, 0.3) is 0 Å². The van der Waals surface area contributed by atoms with E-state index in [0.717, 1.165) is 12.8 Å². The summed E-state index contributed by atoms with van der Waals surface area (Å²) in [7, 11) is -2.38. The van der Waals surface area contributed by atoms with Gasteiger partial charge in [-0.2, -0.15) is 10.6 Å². The van der Waals surface area contributed by atoms with Gasteiger partial charge in [-0.1, -0.05) is 5.16 Å². The number of rotatable bonds is 5. The molecule has 3 fully saturated rings. The summed E-state index contributed by atoms with van der Waals surface area (Å²) in [5, 5.41) is 6.77. The van der Waals surface area contributed by atoms with Gasteiger partial charge in [0, 0.05) is 36.1 Å². The van der Waals surface area contributed by atoms with Crippen LogP contribution in [0, 0.1) is 11.2 Å². The summed E-state index contributed by atoms with van der Waals surface area (Å²) >= 11 is 0. The highest BCUT2D eigenvalue weighted by Gasteiger charge is 2.49. The Bertz CT molecular complexity index is 954. The minimum Gasteiger partial charge on any atom is -0.442 e. The van der Waals surface area contributed by atoms with Crippen LogP contribution in [0.3, 0.4) is 0 Å². The largest absolute Gasteiger partial charge is 0.442 e. The van der Waals surface area contributed by atoms with E-state index in [1.807, 2.05) is 4.90 Å². The number of nitrogens with one attached hydrogen (secondary N) is 1. The van der Waals surface area contributed by atoms with Gasteiger partial charge in [-0.3, -0.25) is 14.0 Å². The Kier molecular flexibility index (Phi) is 4.98. The Morgan fingerprint density at radius 3 is 2.68 bits per heavy atom. The number of amides is 1. The fraction of sp³-hybridized carbons (Fsp3) is 0.500. The fourth-order valence-corrected chi connectivity index (χ4v) is 7.18. The average Bonchev–Trinajstić information content (AvgIpc) is 3.35. The molecule has 31 heavy (non-hydrogen) atoms. The summed E-state index contributed by atoms with van der Waals surface area (Å²) in [6, 6.07) is 6.47. The van der Waals surface area contributed by atoms with Crippen molar-refractivity contribution in [2.75, 3.05) is 52.8 Å². The molecule has 3 aliphatic rings. The topological polar surface area (TPSA) is 111 Å². The molecule has 1 atom stereocenters. The standard InChI is InChI=1S/C20H25FN4O5S/c21-16-9-14(25-11-15(30-19(25)26)10-22-18-3-8-29-23-18)1-2-17(16)24-6-4-20(5-7-24)12-31(27,28)13-20/h1-3,8-9,15,27-28H,4-7,10-13H2,(H,22,23). The normalized spacial score (nSPS) is 25.3. The zero-order valence-electron chi connectivity index (χ0n) is 16.9. The first-order chi connectivity index (χ1) is 14.8. The third kappa shape index (κ3) is 4.04. The van der Waals surface area contributed by atoms with Crippen LogP contribution in [0.25, 0.3) is 0 Å². The second-order valence-electron chi connectivity index (χ2n) is 8.60. The highest BCUT2D eigenvalue weighted by molar-refractivity contribution is 8.25. The molecule has 0 bridgehead atoms. The number of hydrogen-bond acceptors (Lipinski definition) is 8. The molecule has 3 saturated heterocycles. The van der Waals surface area contributed by atoms with Crippen LogP contribution >= 0.6 is 10.6 Å². The maximum atomic E-state index is 14.9. The minimum absolute atomic E-state index is 0.0000860. The van der Waals surface area contributed by atoms with E-state index < -0.39 is 16.7 Å². The number of nitrogens with zero attached hydrogens (tertiary/aromatic N) is 3. The Balaban J connectivity index is 1.20. The number of halogens is 1. The van der Waals surface area contributed by atoms with E-state index in [4.69, 9.17) is 9.26 Å². The zero-order chi connectivity index (χ0) is 21.6. The molecule has 5 rings (SSSR count). The van der Waals surface area contributed by atoms with Crippen molar-refractivity contribution in [3.8, 4) is 0 Å². The van der Waals surface area contributed by atoms with Crippen molar-refractivity contribution in [1.29, 1.82) is 0 Å². The molecule has 0 radical (unpaired) electrons. The van der Waals surface area contributed by atoms with Crippen LogP contribution < -0.4 is 15.1 Å². The highest BCUT2D eigenvalue weighted by Crippen LogP contribution is 2.62. The van der Waals surface area contributed by atoms with E-state index in [2.05, 4.69) is 10.5 Å². The van der Waals surface area contributed by atoms with E-state index in [9.17, 15) is 18.3 Å². The number of anilines is 3. The maximum Gasteiger partial charge on any atom is 0.414 e. The molecule has 11 heteroatoms. The Morgan fingerprint density at radius 1 is 1.26 bits per heavy atom. The number of cyclic esters (lactones) is 1. The van der Waals surface area contributed by atoms with Crippen LogP contribution in [0.2, 0.25) is 0 Å². The first-order valence-corrected chi connectivity index (χ1v) is 12.1. The van der Waals surface area contributed by atoms with E-state index in [1.165, 1.54) is 17.2 Å². The van der Waals surface area contributed by atoms with Gasteiger partial charge in [-0.05, 0) is 31.0 Å². The molecule has 0 aliphatic carbocycles. The molecular weight excluding hydrogens is 427 g/mol. The number of benzene rings is 1. The molecule has 3 N–H and O–H groups in total. The first kappa shape index (κ1) is 20.4. The lowest BCUT2D eigenvalue weighted by atomic mass is 9.81. The van der Waals surface area contributed by atoms with Crippen LogP contribution in [-0.4, -0.2) is 64.1 Å². The third-order valence-corrected chi connectivity index (χ3v) is 8.45. The summed E-state index contributed by atoms with van der Waals surface area (Å²) in [4.78, 5) is 15.7. The number of carbonyl (C=O) groups excluding carboxylic acids is 1. The number of ether oxygens (including phenoxy) is 1. The van der Waals surface area contributed by atoms with Crippen molar-refractivity contribution in [1.82, 2.24) is 5.16 Å². The zero-order valence-corrected chi connectivity index (χ0v) is 17.7. The van der Waals surface area contributed by atoms with E-state index in [0.29, 0.717) is 54.9 Å². The van der Waals surface area contributed by atoms with Gasteiger partial charge in [0.2, 0.25) is 0 Å². The van der Waals surface area contributed by atoms with Crippen molar-refractivity contribution >= 4 is 33.9 Å².